The molecule has 0 spiro atoms. The quantitative estimate of drug-likeness (QED) is 0.514. The number of rotatable bonds is 8. The lowest BCUT2D eigenvalue weighted by Gasteiger charge is -2.33. The Kier molecular flexibility index (Phi) is 7.07. The van der Waals surface area contributed by atoms with Gasteiger partial charge in [0.2, 0.25) is 15.9 Å². The summed E-state index contributed by atoms with van der Waals surface area (Å²) in [5.41, 5.74) is 0.629. The Balaban J connectivity index is 1.55. The molecule has 0 bridgehead atoms. The number of hydrogen-bond acceptors (Lipinski definition) is 6. The number of sulfonamides is 1. The first kappa shape index (κ1) is 22.7. The van der Waals surface area contributed by atoms with Gasteiger partial charge in [0.15, 0.2) is 0 Å². The number of nitrogens with zero attached hydrogens (tertiary/aromatic N) is 2. The Bertz CT molecular complexity index is 1170. The number of carbonyl (C=O) groups is 1. The van der Waals surface area contributed by atoms with Crippen molar-refractivity contribution < 1.29 is 17.9 Å². The molecular formula is C23H27N3O4S2. The number of anilines is 1. The number of carbonyl (C=O) groups excluding carboxylic acids is 1. The van der Waals surface area contributed by atoms with Crippen molar-refractivity contribution in [1.29, 1.82) is 0 Å². The Labute approximate surface area is 192 Å². The normalized spacial score (nSPS) is 15.2. The third kappa shape index (κ3) is 5.11. The van der Waals surface area contributed by atoms with E-state index in [1.54, 1.807) is 30.5 Å². The van der Waals surface area contributed by atoms with Crippen molar-refractivity contribution in [1.82, 2.24) is 8.68 Å². The third-order valence-corrected chi connectivity index (χ3v) is 8.35. The van der Waals surface area contributed by atoms with Gasteiger partial charge in [-0.2, -0.15) is 8.68 Å². The summed E-state index contributed by atoms with van der Waals surface area (Å²) in [7, 11) is -3.84. The second-order valence-corrected chi connectivity index (χ2v) is 10.6. The maximum Gasteiger partial charge on any atom is 0.243 e. The molecule has 9 heteroatoms. The van der Waals surface area contributed by atoms with Crippen LogP contribution in [-0.4, -0.2) is 42.2 Å². The number of amides is 1. The number of hydrogen-bond donors (Lipinski definition) is 1. The SMILES string of the molecule is CCOc1ccc(S(=O)(=O)N(CC(=O)Nc2ccc3sncc3c2)C2CCCCC2)cc1. The van der Waals surface area contributed by atoms with Gasteiger partial charge in [0, 0.05) is 23.3 Å². The van der Waals surface area contributed by atoms with Gasteiger partial charge in [0.05, 0.1) is 22.7 Å². The summed E-state index contributed by atoms with van der Waals surface area (Å²) >= 11 is 1.39. The van der Waals surface area contributed by atoms with Crippen LogP contribution in [0, 0.1) is 0 Å². The summed E-state index contributed by atoms with van der Waals surface area (Å²) in [5.74, 6) is 0.263. The van der Waals surface area contributed by atoms with Crippen LogP contribution in [-0.2, 0) is 14.8 Å². The van der Waals surface area contributed by atoms with Gasteiger partial charge in [-0.3, -0.25) is 4.79 Å². The third-order valence-electron chi connectivity index (χ3n) is 5.66. The molecule has 2 aromatic carbocycles. The van der Waals surface area contributed by atoms with Crippen molar-refractivity contribution in [3.63, 3.8) is 0 Å². The van der Waals surface area contributed by atoms with Crippen LogP contribution < -0.4 is 10.1 Å². The molecule has 1 aromatic heterocycles. The summed E-state index contributed by atoms with van der Waals surface area (Å²) in [6.07, 6.45) is 6.29. The topological polar surface area (TPSA) is 88.6 Å². The van der Waals surface area contributed by atoms with Gasteiger partial charge >= 0.3 is 0 Å². The van der Waals surface area contributed by atoms with Crippen molar-refractivity contribution in [2.24, 2.45) is 0 Å². The van der Waals surface area contributed by atoms with E-state index in [0.717, 1.165) is 42.2 Å². The molecule has 1 amide bonds. The van der Waals surface area contributed by atoms with Crippen molar-refractivity contribution in [3.8, 4) is 5.75 Å². The zero-order valence-electron chi connectivity index (χ0n) is 18.0. The fraction of sp³-hybridized carbons (Fsp3) is 0.391. The standard InChI is InChI=1S/C23H27N3O4S2/c1-2-30-20-9-11-21(12-10-20)32(28,29)26(19-6-4-3-5-7-19)16-23(27)25-18-8-13-22-17(14-18)15-24-31-22/h8-15,19H,2-7,16H2,1H3,(H,25,27). The predicted octanol–water partition coefficient (Wildman–Crippen LogP) is 4.66. The van der Waals surface area contributed by atoms with Crippen LogP contribution in [0.1, 0.15) is 39.0 Å². The van der Waals surface area contributed by atoms with Crippen LogP contribution in [0.2, 0.25) is 0 Å². The maximum atomic E-state index is 13.5. The lowest BCUT2D eigenvalue weighted by Crippen LogP contribution is -2.45. The van der Waals surface area contributed by atoms with Gasteiger partial charge in [0.25, 0.3) is 0 Å². The summed E-state index contributed by atoms with van der Waals surface area (Å²) in [6.45, 7) is 2.16. The zero-order valence-corrected chi connectivity index (χ0v) is 19.6. The van der Waals surface area contributed by atoms with Crippen LogP contribution in [0.5, 0.6) is 5.75 Å². The Morgan fingerprint density at radius 1 is 1.16 bits per heavy atom. The molecular weight excluding hydrogens is 446 g/mol. The maximum absolute atomic E-state index is 13.5. The Hall–Kier alpha value is -2.49. The van der Waals surface area contributed by atoms with E-state index >= 15 is 0 Å². The number of benzene rings is 2. The minimum Gasteiger partial charge on any atom is -0.494 e. The van der Waals surface area contributed by atoms with Crippen molar-refractivity contribution in [2.45, 2.75) is 50.0 Å². The first-order valence-corrected chi connectivity index (χ1v) is 13.1. The first-order chi connectivity index (χ1) is 15.5. The average Bonchev–Trinajstić information content (AvgIpc) is 3.26. The zero-order chi connectivity index (χ0) is 22.6. The summed E-state index contributed by atoms with van der Waals surface area (Å²) in [4.78, 5) is 13.1. The van der Waals surface area contributed by atoms with Crippen LogP contribution >= 0.6 is 11.5 Å². The minimum atomic E-state index is -3.84. The van der Waals surface area contributed by atoms with Crippen LogP contribution in [0.3, 0.4) is 0 Å². The summed E-state index contributed by atoms with van der Waals surface area (Å²) in [6, 6.07) is 11.8. The van der Waals surface area contributed by atoms with Crippen molar-refractivity contribution >= 4 is 43.2 Å². The van der Waals surface area contributed by atoms with Gasteiger partial charge < -0.3 is 10.1 Å². The lowest BCUT2D eigenvalue weighted by atomic mass is 9.95. The molecule has 0 aliphatic heterocycles. The number of nitrogens with one attached hydrogen (secondary N) is 1. The highest BCUT2D eigenvalue weighted by atomic mass is 32.2. The van der Waals surface area contributed by atoms with E-state index in [-0.39, 0.29) is 23.4 Å². The largest absolute Gasteiger partial charge is 0.494 e. The smallest absolute Gasteiger partial charge is 0.243 e. The van der Waals surface area contributed by atoms with Gasteiger partial charge in [-0.05, 0) is 73.8 Å². The molecule has 1 heterocycles. The first-order valence-electron chi connectivity index (χ1n) is 10.9. The van der Waals surface area contributed by atoms with Crippen molar-refractivity contribution in [3.05, 3.63) is 48.7 Å². The predicted molar refractivity (Wildman–Crippen MR) is 127 cm³/mol. The van der Waals surface area contributed by atoms with Gasteiger partial charge in [-0.1, -0.05) is 19.3 Å². The summed E-state index contributed by atoms with van der Waals surface area (Å²) in [5, 5.41) is 3.80. The fourth-order valence-electron chi connectivity index (χ4n) is 4.08. The highest BCUT2D eigenvalue weighted by molar-refractivity contribution is 7.89. The lowest BCUT2D eigenvalue weighted by molar-refractivity contribution is -0.116. The molecule has 3 aromatic rings. The highest BCUT2D eigenvalue weighted by Crippen LogP contribution is 2.29. The molecule has 0 unspecified atom stereocenters. The van der Waals surface area contributed by atoms with E-state index in [2.05, 4.69) is 9.69 Å². The molecule has 0 radical (unpaired) electrons. The van der Waals surface area contributed by atoms with Gasteiger partial charge in [0.1, 0.15) is 5.75 Å². The van der Waals surface area contributed by atoms with Crippen LogP contribution in [0.4, 0.5) is 5.69 Å². The molecule has 4 rings (SSSR count). The van der Waals surface area contributed by atoms with E-state index in [0.29, 0.717) is 18.0 Å². The molecule has 1 aliphatic rings. The molecule has 1 N–H and O–H groups in total. The van der Waals surface area contributed by atoms with E-state index in [9.17, 15) is 13.2 Å². The van der Waals surface area contributed by atoms with Gasteiger partial charge in [-0.25, -0.2) is 8.42 Å². The number of fused-ring (bicyclic) bond motifs is 1. The summed E-state index contributed by atoms with van der Waals surface area (Å²) < 4.78 is 39.0. The second-order valence-electron chi connectivity index (χ2n) is 7.87. The van der Waals surface area contributed by atoms with E-state index in [4.69, 9.17) is 4.74 Å². The van der Waals surface area contributed by atoms with Gasteiger partial charge in [-0.15, -0.1) is 0 Å². The molecule has 1 aliphatic carbocycles. The van der Waals surface area contributed by atoms with E-state index in [1.807, 2.05) is 25.1 Å². The molecule has 1 fully saturated rings. The molecule has 1 saturated carbocycles. The minimum absolute atomic E-state index is 0.171. The molecule has 32 heavy (non-hydrogen) atoms. The molecule has 170 valence electrons. The number of ether oxygens (including phenoxy) is 1. The van der Waals surface area contributed by atoms with E-state index in [1.165, 1.54) is 15.8 Å². The molecule has 0 saturated heterocycles. The Morgan fingerprint density at radius 3 is 2.62 bits per heavy atom. The molecule has 7 nitrogen and oxygen atoms in total. The fourth-order valence-corrected chi connectivity index (χ4v) is 6.35. The van der Waals surface area contributed by atoms with E-state index < -0.39 is 10.0 Å². The number of aromatic nitrogens is 1. The monoisotopic (exact) mass is 473 g/mol. The molecule has 0 atom stereocenters. The average molecular weight is 474 g/mol. The Morgan fingerprint density at radius 2 is 1.91 bits per heavy atom. The van der Waals surface area contributed by atoms with Crippen molar-refractivity contribution in [2.75, 3.05) is 18.5 Å². The second kappa shape index (κ2) is 9.97. The van der Waals surface area contributed by atoms with Crippen LogP contribution in [0.25, 0.3) is 10.1 Å². The highest BCUT2D eigenvalue weighted by Gasteiger charge is 2.34. The van der Waals surface area contributed by atoms with Crippen LogP contribution in [0.15, 0.2) is 53.6 Å².